The van der Waals surface area contributed by atoms with Gasteiger partial charge >= 0.3 is 0 Å². The van der Waals surface area contributed by atoms with E-state index in [0.29, 0.717) is 18.1 Å². The fourth-order valence-corrected chi connectivity index (χ4v) is 4.30. The zero-order chi connectivity index (χ0) is 14.6. The first-order chi connectivity index (χ1) is 9.54. The second kappa shape index (κ2) is 6.89. The van der Waals surface area contributed by atoms with E-state index in [9.17, 15) is 8.42 Å². The summed E-state index contributed by atoms with van der Waals surface area (Å²) in [6.07, 6.45) is 3.36. The van der Waals surface area contributed by atoms with Crippen molar-refractivity contribution >= 4 is 21.6 Å². The van der Waals surface area contributed by atoms with Crippen molar-refractivity contribution in [1.29, 1.82) is 0 Å². The Bertz CT molecular complexity index is 542. The molecule has 1 fully saturated rings. The second-order valence-corrected chi connectivity index (χ2v) is 7.43. The zero-order valence-corrected chi connectivity index (χ0v) is 13.3. The number of sulfonamides is 1. The molecule has 20 heavy (non-hydrogen) atoms. The van der Waals surface area contributed by atoms with Crippen molar-refractivity contribution in [3.05, 3.63) is 29.3 Å². The third kappa shape index (κ3) is 3.73. The van der Waals surface area contributed by atoms with Crippen LogP contribution in [0.3, 0.4) is 0 Å². The first-order valence-corrected chi connectivity index (χ1v) is 8.85. The average Bonchev–Trinajstić information content (AvgIpc) is 2.45. The van der Waals surface area contributed by atoms with Crippen molar-refractivity contribution in [3.63, 3.8) is 0 Å². The molecule has 1 aromatic rings. The molecule has 0 radical (unpaired) electrons. The van der Waals surface area contributed by atoms with Crippen LogP contribution in [0.25, 0.3) is 0 Å². The van der Waals surface area contributed by atoms with E-state index in [1.54, 1.807) is 18.2 Å². The van der Waals surface area contributed by atoms with Crippen LogP contribution in [0.2, 0.25) is 5.02 Å². The van der Waals surface area contributed by atoms with Crippen LogP contribution in [0.15, 0.2) is 29.2 Å². The Morgan fingerprint density at radius 3 is 2.80 bits per heavy atom. The lowest BCUT2D eigenvalue weighted by molar-refractivity contribution is 0.319. The second-order valence-electron chi connectivity index (χ2n) is 5.06. The summed E-state index contributed by atoms with van der Waals surface area (Å²) in [5, 5.41) is 3.83. The van der Waals surface area contributed by atoms with Gasteiger partial charge in [-0.2, -0.15) is 4.31 Å². The van der Waals surface area contributed by atoms with Gasteiger partial charge in [0.1, 0.15) is 0 Å². The molecular weight excluding hydrogens is 296 g/mol. The van der Waals surface area contributed by atoms with Crippen LogP contribution in [0.4, 0.5) is 0 Å². The summed E-state index contributed by atoms with van der Waals surface area (Å²) in [6, 6.07) is 6.70. The van der Waals surface area contributed by atoms with Crippen molar-refractivity contribution in [2.75, 3.05) is 19.6 Å². The molecule has 1 saturated heterocycles. The van der Waals surface area contributed by atoms with Crippen LogP contribution in [-0.2, 0) is 10.0 Å². The van der Waals surface area contributed by atoms with Gasteiger partial charge in [-0.3, -0.25) is 0 Å². The summed E-state index contributed by atoms with van der Waals surface area (Å²) in [4.78, 5) is 0.266. The first-order valence-electron chi connectivity index (χ1n) is 7.03. The molecule has 1 atom stereocenters. The Morgan fingerprint density at radius 2 is 2.20 bits per heavy atom. The Labute approximate surface area is 126 Å². The molecule has 1 unspecified atom stereocenters. The van der Waals surface area contributed by atoms with Crippen LogP contribution >= 0.6 is 11.6 Å². The molecule has 1 aliphatic rings. The summed E-state index contributed by atoms with van der Waals surface area (Å²) in [5.74, 6) is 0. The fourth-order valence-electron chi connectivity index (χ4n) is 2.50. The number of benzene rings is 1. The molecule has 4 nitrogen and oxygen atoms in total. The largest absolute Gasteiger partial charge is 0.313 e. The number of halogens is 1. The molecule has 0 aliphatic carbocycles. The van der Waals surface area contributed by atoms with Gasteiger partial charge in [-0.15, -0.1) is 0 Å². The molecule has 0 aromatic heterocycles. The van der Waals surface area contributed by atoms with E-state index in [-0.39, 0.29) is 10.9 Å². The Morgan fingerprint density at radius 1 is 1.40 bits per heavy atom. The summed E-state index contributed by atoms with van der Waals surface area (Å²) in [6.45, 7) is 3.82. The maximum absolute atomic E-state index is 12.6. The quantitative estimate of drug-likeness (QED) is 0.908. The van der Waals surface area contributed by atoms with Crippen LogP contribution in [0.1, 0.15) is 26.2 Å². The Hall–Kier alpha value is -0.620. The van der Waals surface area contributed by atoms with Gasteiger partial charge in [0.15, 0.2) is 0 Å². The first kappa shape index (κ1) is 15.8. The van der Waals surface area contributed by atoms with Crippen molar-refractivity contribution < 1.29 is 8.42 Å². The topological polar surface area (TPSA) is 49.4 Å². The number of nitrogens with zero attached hydrogens (tertiary/aromatic N) is 1. The zero-order valence-electron chi connectivity index (χ0n) is 11.7. The third-order valence-electron chi connectivity index (χ3n) is 3.62. The van der Waals surface area contributed by atoms with Crippen molar-refractivity contribution in [3.8, 4) is 0 Å². The number of hydrogen-bond donors (Lipinski definition) is 1. The minimum atomic E-state index is -3.46. The van der Waals surface area contributed by atoms with E-state index in [0.717, 1.165) is 19.4 Å². The maximum atomic E-state index is 12.6. The van der Waals surface area contributed by atoms with Crippen LogP contribution in [0.5, 0.6) is 0 Å². The van der Waals surface area contributed by atoms with Crippen molar-refractivity contribution in [2.24, 2.45) is 0 Å². The minimum Gasteiger partial charge on any atom is -0.313 e. The molecule has 112 valence electrons. The average molecular weight is 317 g/mol. The van der Waals surface area contributed by atoms with E-state index >= 15 is 0 Å². The fraction of sp³-hybridized carbons (Fsp3) is 0.571. The van der Waals surface area contributed by atoms with Crippen LogP contribution < -0.4 is 5.32 Å². The molecule has 6 heteroatoms. The summed E-state index contributed by atoms with van der Waals surface area (Å²) < 4.78 is 26.8. The molecule has 0 spiro atoms. The lowest BCUT2D eigenvalue weighted by atomic mass is 10.1. The van der Waals surface area contributed by atoms with Crippen molar-refractivity contribution in [2.45, 2.75) is 37.1 Å². The lowest BCUT2D eigenvalue weighted by Crippen LogP contribution is -2.45. The molecule has 0 saturated carbocycles. The highest BCUT2D eigenvalue weighted by Gasteiger charge is 2.26. The van der Waals surface area contributed by atoms with Crippen LogP contribution in [0, 0.1) is 0 Å². The third-order valence-corrected chi connectivity index (χ3v) is 5.79. The highest BCUT2D eigenvalue weighted by molar-refractivity contribution is 7.89. The van der Waals surface area contributed by atoms with E-state index in [2.05, 4.69) is 5.32 Å². The monoisotopic (exact) mass is 316 g/mol. The van der Waals surface area contributed by atoms with Crippen LogP contribution in [-0.4, -0.2) is 38.4 Å². The predicted molar refractivity (Wildman–Crippen MR) is 81.5 cm³/mol. The smallest absolute Gasteiger partial charge is 0.243 e. The van der Waals surface area contributed by atoms with Gasteiger partial charge in [-0.1, -0.05) is 31.0 Å². The molecular formula is C14H21ClN2O2S. The highest BCUT2D eigenvalue weighted by atomic mass is 35.5. The van der Waals surface area contributed by atoms with Gasteiger partial charge in [0.25, 0.3) is 0 Å². The van der Waals surface area contributed by atoms with Gasteiger partial charge in [0.2, 0.25) is 10.0 Å². The number of hydrogen-bond acceptors (Lipinski definition) is 3. The number of nitrogens with one attached hydrogen (secondary N) is 1. The summed E-state index contributed by atoms with van der Waals surface area (Å²) in [5.41, 5.74) is 0. The molecule has 1 heterocycles. The highest BCUT2D eigenvalue weighted by Crippen LogP contribution is 2.20. The molecule has 0 amide bonds. The normalized spacial score (nSPS) is 20.2. The molecule has 1 aliphatic heterocycles. The summed E-state index contributed by atoms with van der Waals surface area (Å²) >= 11 is 5.90. The SMILES string of the molecule is CCN(CC1CCCCN1)S(=O)(=O)c1cccc(Cl)c1. The van der Waals surface area contributed by atoms with Gasteiger partial charge in [0, 0.05) is 24.2 Å². The van der Waals surface area contributed by atoms with E-state index in [1.165, 1.54) is 16.8 Å². The predicted octanol–water partition coefficient (Wildman–Crippen LogP) is 2.49. The van der Waals surface area contributed by atoms with Crippen molar-refractivity contribution in [1.82, 2.24) is 9.62 Å². The Balaban J connectivity index is 2.16. The number of rotatable bonds is 5. The summed E-state index contributed by atoms with van der Waals surface area (Å²) in [7, 11) is -3.46. The number of likely N-dealkylation sites (N-methyl/N-ethyl adjacent to an activating group) is 1. The number of piperidine rings is 1. The van der Waals surface area contributed by atoms with Gasteiger partial charge < -0.3 is 5.32 Å². The van der Waals surface area contributed by atoms with E-state index in [1.807, 2.05) is 6.92 Å². The lowest BCUT2D eigenvalue weighted by Gasteiger charge is -2.29. The molecule has 2 rings (SSSR count). The molecule has 0 bridgehead atoms. The molecule has 1 N–H and O–H groups in total. The van der Waals surface area contributed by atoms with E-state index in [4.69, 9.17) is 11.6 Å². The Kier molecular flexibility index (Phi) is 5.43. The van der Waals surface area contributed by atoms with Gasteiger partial charge in [0.05, 0.1) is 4.90 Å². The maximum Gasteiger partial charge on any atom is 0.243 e. The molecule has 1 aromatic carbocycles. The van der Waals surface area contributed by atoms with Gasteiger partial charge in [-0.05, 0) is 37.6 Å². The minimum absolute atomic E-state index is 0.248. The standard InChI is InChI=1S/C14H21ClN2O2S/c1-2-17(11-13-7-3-4-9-16-13)20(18,19)14-8-5-6-12(15)10-14/h5-6,8,10,13,16H,2-4,7,9,11H2,1H3. The van der Waals surface area contributed by atoms with E-state index < -0.39 is 10.0 Å². The van der Waals surface area contributed by atoms with Gasteiger partial charge in [-0.25, -0.2) is 8.42 Å².